The molecule has 46 heavy (non-hydrogen) atoms. The minimum absolute atomic E-state index is 0.0865. The van der Waals surface area contributed by atoms with Crippen molar-refractivity contribution in [1.29, 1.82) is 0 Å². The van der Waals surface area contributed by atoms with Gasteiger partial charge in [-0.05, 0) is 88.2 Å². The Kier molecular flexibility index (Phi) is 6.97. The molecule has 2 aliphatic carbocycles. The number of hydrogen-bond acceptors (Lipinski definition) is 10. The van der Waals surface area contributed by atoms with Crippen LogP contribution >= 0.6 is 0 Å². The zero-order valence-corrected chi connectivity index (χ0v) is 28.1. The molecule has 2 saturated carbocycles. The van der Waals surface area contributed by atoms with Crippen molar-refractivity contribution in [3.8, 4) is 5.75 Å². The minimum Gasteiger partial charge on any atom is -0.464 e. The Balaban J connectivity index is 0.947. The second-order valence-corrected chi connectivity index (χ2v) is 16.4. The highest BCUT2D eigenvalue weighted by Gasteiger charge is 2.71. The Morgan fingerprint density at radius 1 is 0.674 bits per heavy atom. The van der Waals surface area contributed by atoms with Gasteiger partial charge in [-0.15, -0.1) is 0 Å². The Morgan fingerprint density at radius 2 is 1.26 bits per heavy atom. The smallest absolute Gasteiger partial charge is 0.205 e. The fourth-order valence-corrected chi connectivity index (χ4v) is 11.0. The first kappa shape index (κ1) is 30.6. The molecule has 10 heteroatoms. The molecule has 0 aromatic heterocycles. The van der Waals surface area contributed by atoms with Crippen LogP contribution in [0.5, 0.6) is 5.75 Å². The summed E-state index contributed by atoms with van der Waals surface area (Å²) >= 11 is 0. The Bertz CT molecular complexity index is 1250. The van der Waals surface area contributed by atoms with Crippen molar-refractivity contribution in [2.75, 3.05) is 5.32 Å². The third-order valence-electron chi connectivity index (χ3n) is 13.7. The van der Waals surface area contributed by atoms with Crippen LogP contribution in [-0.4, -0.2) is 47.9 Å². The highest BCUT2D eigenvalue weighted by Crippen LogP contribution is 2.62. The van der Waals surface area contributed by atoms with Crippen LogP contribution in [0.3, 0.4) is 0 Å². The van der Waals surface area contributed by atoms with Gasteiger partial charge in [0.1, 0.15) is 12.0 Å². The van der Waals surface area contributed by atoms with E-state index in [1.807, 2.05) is 32.0 Å². The summed E-state index contributed by atoms with van der Waals surface area (Å²) in [6, 6.07) is 8.11. The fraction of sp³-hybridized carbons (Fsp3) is 0.833. The molecule has 4 bridgehead atoms. The molecule has 0 unspecified atom stereocenters. The van der Waals surface area contributed by atoms with Gasteiger partial charge in [0, 0.05) is 48.3 Å². The van der Waals surface area contributed by atoms with E-state index in [9.17, 15) is 0 Å². The van der Waals surface area contributed by atoms with Crippen molar-refractivity contribution in [3.63, 3.8) is 0 Å². The zero-order chi connectivity index (χ0) is 31.6. The standard InChI is InChI=1S/C36H51NO9/c1-19-10-12-27-21(3)29(39-31-35(27)25(19)14-16-33(5,41-31)43-45-35)37-23-8-7-9-24(18-23)38-30-22(4)28-13-11-20(2)26-15-17-34(6)42-32(40-30)36(26,28)46-44-34/h7-9,18-22,25-32,37H,10-17H2,1-6H3/t19-,20-,21-,22-,25+,26+,27+,28+,29+,30+,31-,32-,33-,34-,35-,36-/m1/s1. The number of rotatable bonds is 4. The number of hydrogen-bond donors (Lipinski definition) is 1. The molecule has 1 N–H and O–H groups in total. The third-order valence-corrected chi connectivity index (χ3v) is 13.7. The number of anilines is 1. The van der Waals surface area contributed by atoms with Gasteiger partial charge in [0.05, 0.1) is 0 Å². The molecule has 0 radical (unpaired) electrons. The first-order valence-corrected chi connectivity index (χ1v) is 18.0. The molecular formula is C36H51NO9. The zero-order valence-electron chi connectivity index (χ0n) is 28.1. The lowest BCUT2D eigenvalue weighted by Crippen LogP contribution is -2.71. The molecule has 10 aliphatic rings. The first-order valence-electron chi connectivity index (χ1n) is 18.0. The Morgan fingerprint density at radius 3 is 1.89 bits per heavy atom. The SMILES string of the molecule is C[C@H]1[C@@H](Oc2cccc(N[C@H]3O[C@@H]4O[C@@]5(C)CC[C@H]6[C@H](C)CC[C@@H]([C@H]3C)[C@@]46OO5)c2)O[C@@H]2O[C@@]3(C)CC[C@H]4[C@H](C)CC[C@@H]1[C@@]24OO3. The predicted molar refractivity (Wildman–Crippen MR) is 164 cm³/mol. The van der Waals surface area contributed by atoms with Crippen LogP contribution < -0.4 is 10.1 Å². The molecule has 0 amide bonds. The van der Waals surface area contributed by atoms with Crippen LogP contribution in [0.1, 0.15) is 92.9 Å². The summed E-state index contributed by atoms with van der Waals surface area (Å²) in [6.45, 7) is 13.1. The third kappa shape index (κ3) is 4.30. The molecule has 1 aromatic carbocycles. The monoisotopic (exact) mass is 641 g/mol. The molecule has 11 rings (SSSR count). The number of nitrogens with one attached hydrogen (secondary N) is 1. The minimum atomic E-state index is -0.812. The number of ether oxygens (including phenoxy) is 5. The molecule has 2 spiro atoms. The fourth-order valence-electron chi connectivity index (χ4n) is 11.0. The summed E-state index contributed by atoms with van der Waals surface area (Å²) in [7, 11) is 0. The van der Waals surface area contributed by atoms with Gasteiger partial charge in [-0.2, -0.15) is 0 Å². The van der Waals surface area contributed by atoms with Crippen molar-refractivity contribution < 1.29 is 43.2 Å². The van der Waals surface area contributed by atoms with Gasteiger partial charge in [-0.1, -0.05) is 33.8 Å². The second-order valence-electron chi connectivity index (χ2n) is 16.4. The summed E-state index contributed by atoms with van der Waals surface area (Å²) in [4.78, 5) is 24.6. The van der Waals surface area contributed by atoms with Crippen LogP contribution in [0.2, 0.25) is 0 Å². The van der Waals surface area contributed by atoms with E-state index < -0.39 is 41.6 Å². The van der Waals surface area contributed by atoms with Gasteiger partial charge in [0.15, 0.2) is 23.8 Å². The van der Waals surface area contributed by atoms with Crippen molar-refractivity contribution in [1.82, 2.24) is 0 Å². The van der Waals surface area contributed by atoms with Crippen LogP contribution in [0.4, 0.5) is 5.69 Å². The van der Waals surface area contributed by atoms with E-state index >= 15 is 0 Å². The normalized spacial score (nSPS) is 55.4. The van der Waals surface area contributed by atoms with E-state index in [4.69, 9.17) is 43.2 Å². The Hall–Kier alpha value is -1.50. The predicted octanol–water partition coefficient (Wildman–Crippen LogP) is 6.89. The molecule has 254 valence electrons. The van der Waals surface area contributed by atoms with Crippen LogP contribution in [0.15, 0.2) is 24.3 Å². The summed E-state index contributed by atoms with van der Waals surface area (Å²) in [6.07, 6.45) is 6.27. The molecule has 8 saturated heterocycles. The summed E-state index contributed by atoms with van der Waals surface area (Å²) in [5.74, 6) is 1.56. The molecular weight excluding hydrogens is 590 g/mol. The first-order chi connectivity index (χ1) is 22.0. The largest absolute Gasteiger partial charge is 0.464 e. The van der Waals surface area contributed by atoms with Crippen molar-refractivity contribution >= 4 is 5.69 Å². The van der Waals surface area contributed by atoms with E-state index in [2.05, 4.69) is 39.1 Å². The van der Waals surface area contributed by atoms with E-state index in [0.29, 0.717) is 23.7 Å². The van der Waals surface area contributed by atoms with Crippen LogP contribution in [-0.2, 0) is 38.5 Å². The maximum atomic E-state index is 6.78. The maximum absolute atomic E-state index is 6.78. The summed E-state index contributed by atoms with van der Waals surface area (Å²) in [5.41, 5.74) is -0.263. The van der Waals surface area contributed by atoms with Crippen molar-refractivity contribution in [3.05, 3.63) is 24.3 Å². The molecule has 16 atom stereocenters. The maximum Gasteiger partial charge on any atom is 0.205 e. The number of benzene rings is 1. The van der Waals surface area contributed by atoms with E-state index in [0.717, 1.165) is 56.4 Å². The van der Waals surface area contributed by atoms with Gasteiger partial charge in [-0.3, -0.25) is 0 Å². The van der Waals surface area contributed by atoms with Crippen LogP contribution in [0.25, 0.3) is 0 Å². The second kappa shape index (κ2) is 10.5. The van der Waals surface area contributed by atoms with Gasteiger partial charge in [0.2, 0.25) is 17.9 Å². The lowest BCUT2D eigenvalue weighted by atomic mass is 9.58. The van der Waals surface area contributed by atoms with Gasteiger partial charge in [-0.25, -0.2) is 19.6 Å². The van der Waals surface area contributed by atoms with Gasteiger partial charge in [0.25, 0.3) is 0 Å². The van der Waals surface area contributed by atoms with Gasteiger partial charge < -0.3 is 29.0 Å². The molecule has 1 aromatic rings. The molecule has 8 heterocycles. The van der Waals surface area contributed by atoms with Crippen molar-refractivity contribution in [2.45, 2.75) is 141 Å². The van der Waals surface area contributed by atoms with Crippen LogP contribution in [0, 0.1) is 47.3 Å². The average molecular weight is 642 g/mol. The van der Waals surface area contributed by atoms with E-state index in [1.165, 1.54) is 6.42 Å². The Labute approximate surface area is 272 Å². The van der Waals surface area contributed by atoms with E-state index in [1.54, 1.807) is 0 Å². The molecule has 10 nitrogen and oxygen atoms in total. The summed E-state index contributed by atoms with van der Waals surface area (Å²) in [5, 5.41) is 3.69. The lowest BCUT2D eigenvalue weighted by molar-refractivity contribution is -0.575. The number of fused-ring (bicyclic) bond motifs is 4. The highest BCUT2D eigenvalue weighted by molar-refractivity contribution is 5.49. The average Bonchev–Trinajstić information content (AvgIpc) is 3.40. The summed E-state index contributed by atoms with van der Waals surface area (Å²) < 4.78 is 33.2. The molecule has 8 aliphatic heterocycles. The van der Waals surface area contributed by atoms with E-state index in [-0.39, 0.29) is 29.9 Å². The van der Waals surface area contributed by atoms with Crippen molar-refractivity contribution in [2.24, 2.45) is 47.3 Å². The van der Waals surface area contributed by atoms with Gasteiger partial charge >= 0.3 is 0 Å². The highest BCUT2D eigenvalue weighted by atomic mass is 17.3. The quantitative estimate of drug-likeness (QED) is 0.350. The molecule has 10 fully saturated rings. The lowest BCUT2D eigenvalue weighted by Gasteiger charge is -2.60. The topological polar surface area (TPSA) is 95.1 Å².